The van der Waals surface area contributed by atoms with Gasteiger partial charge in [-0.2, -0.15) is 0 Å². The maximum absolute atomic E-state index is 11.5. The Labute approximate surface area is 88.7 Å². The summed E-state index contributed by atoms with van der Waals surface area (Å²) in [7, 11) is 1.74. The van der Waals surface area contributed by atoms with Gasteiger partial charge in [0.15, 0.2) is 0 Å². The summed E-state index contributed by atoms with van der Waals surface area (Å²) in [5, 5.41) is 0. The van der Waals surface area contributed by atoms with E-state index in [4.69, 9.17) is 0 Å². The molecule has 15 heavy (non-hydrogen) atoms. The normalized spacial score (nSPS) is 24.9. The van der Waals surface area contributed by atoms with E-state index in [1.54, 1.807) is 11.9 Å². The van der Waals surface area contributed by atoms with Crippen LogP contribution in [0.5, 0.6) is 0 Å². The van der Waals surface area contributed by atoms with Crippen molar-refractivity contribution in [1.29, 1.82) is 0 Å². The molecule has 1 aliphatic rings. The fourth-order valence-corrected chi connectivity index (χ4v) is 2.10. The van der Waals surface area contributed by atoms with Gasteiger partial charge < -0.3 is 4.90 Å². The van der Waals surface area contributed by atoms with Gasteiger partial charge in [-0.3, -0.25) is 9.59 Å². The Kier molecular flexibility index (Phi) is 2.31. The number of β-lactam (4-membered cyclic amide) rings is 1. The topological polar surface area (TPSA) is 37.4 Å². The van der Waals surface area contributed by atoms with Gasteiger partial charge in [-0.25, -0.2) is 0 Å². The molecule has 0 spiro atoms. The number of carbonyl (C=O) groups excluding carboxylic acids is 2. The lowest BCUT2D eigenvalue weighted by Gasteiger charge is -2.44. The van der Waals surface area contributed by atoms with Crippen LogP contribution in [0.2, 0.25) is 0 Å². The number of likely N-dealkylation sites (tertiary alicyclic amines) is 1. The molecule has 3 nitrogen and oxygen atoms in total. The molecule has 2 atom stereocenters. The van der Waals surface area contributed by atoms with Crippen LogP contribution in [0.4, 0.5) is 0 Å². The second-order valence-electron chi connectivity index (χ2n) is 3.89. The lowest BCUT2D eigenvalue weighted by atomic mass is 9.81. The molecule has 0 aliphatic carbocycles. The molecular formula is C12H13NO2. The van der Waals surface area contributed by atoms with Gasteiger partial charge in [0.1, 0.15) is 11.7 Å². The van der Waals surface area contributed by atoms with Crippen molar-refractivity contribution < 1.29 is 9.59 Å². The molecule has 3 heteroatoms. The number of hydrogen-bond donors (Lipinski definition) is 0. The first kappa shape index (κ1) is 9.90. The molecule has 78 valence electrons. The molecule has 1 aromatic carbocycles. The third-order valence-electron chi connectivity index (χ3n) is 2.93. The molecule has 0 N–H and O–H groups in total. The first-order valence-electron chi connectivity index (χ1n) is 4.95. The van der Waals surface area contributed by atoms with Gasteiger partial charge in [0.05, 0.1) is 6.04 Å². The summed E-state index contributed by atoms with van der Waals surface area (Å²) in [5.74, 6) is -0.597. The van der Waals surface area contributed by atoms with Crippen LogP contribution in [0, 0.1) is 5.92 Å². The van der Waals surface area contributed by atoms with E-state index in [9.17, 15) is 9.59 Å². The summed E-state index contributed by atoms with van der Waals surface area (Å²) in [6.45, 7) is 1.48. The molecule has 1 saturated heterocycles. The van der Waals surface area contributed by atoms with Crippen LogP contribution in [0.3, 0.4) is 0 Å². The zero-order valence-corrected chi connectivity index (χ0v) is 8.81. The number of Topliss-reactive ketones (excluding diaryl/α,β-unsaturated/α-hetero) is 1. The second-order valence-corrected chi connectivity index (χ2v) is 3.89. The third-order valence-corrected chi connectivity index (χ3v) is 2.93. The Morgan fingerprint density at radius 3 is 2.40 bits per heavy atom. The average Bonchev–Trinajstić information content (AvgIpc) is 2.25. The van der Waals surface area contributed by atoms with Crippen molar-refractivity contribution >= 4 is 11.7 Å². The first-order valence-corrected chi connectivity index (χ1v) is 4.95. The molecule has 2 rings (SSSR count). The predicted octanol–water partition coefficient (Wildman–Crippen LogP) is 1.40. The lowest BCUT2D eigenvalue weighted by molar-refractivity contribution is -0.158. The Balaban J connectivity index is 2.30. The van der Waals surface area contributed by atoms with Crippen molar-refractivity contribution in [1.82, 2.24) is 4.90 Å². The number of carbonyl (C=O) groups is 2. The minimum absolute atomic E-state index is 0.0491. The average molecular weight is 203 g/mol. The van der Waals surface area contributed by atoms with Crippen LogP contribution in [-0.4, -0.2) is 23.6 Å². The highest BCUT2D eigenvalue weighted by atomic mass is 16.2. The van der Waals surface area contributed by atoms with E-state index in [0.717, 1.165) is 5.56 Å². The van der Waals surface area contributed by atoms with Gasteiger partial charge in [0.2, 0.25) is 5.91 Å². The largest absolute Gasteiger partial charge is 0.337 e. The monoisotopic (exact) mass is 203 g/mol. The summed E-state index contributed by atoms with van der Waals surface area (Å²) in [4.78, 5) is 24.4. The van der Waals surface area contributed by atoms with Gasteiger partial charge >= 0.3 is 0 Å². The van der Waals surface area contributed by atoms with E-state index >= 15 is 0 Å². The summed E-state index contributed by atoms with van der Waals surface area (Å²) in [5.41, 5.74) is 1.03. The van der Waals surface area contributed by atoms with E-state index in [1.165, 1.54) is 6.92 Å². The summed E-state index contributed by atoms with van der Waals surface area (Å²) >= 11 is 0. The fourth-order valence-electron chi connectivity index (χ4n) is 2.10. The standard InChI is InChI=1S/C12H13NO2/c1-8(14)10-11(13(2)12(10)15)9-6-4-3-5-7-9/h3-7,10-11H,1-2H3/t10-,11-/m0/s1. The van der Waals surface area contributed by atoms with Crippen molar-refractivity contribution in [2.24, 2.45) is 5.92 Å². The highest BCUT2D eigenvalue weighted by molar-refractivity contribution is 6.05. The number of nitrogens with zero attached hydrogens (tertiary/aromatic N) is 1. The SMILES string of the molecule is CC(=O)[C@@H]1C(=O)N(C)[C@H]1c1ccccc1. The number of benzene rings is 1. The number of hydrogen-bond acceptors (Lipinski definition) is 2. The van der Waals surface area contributed by atoms with Crippen LogP contribution < -0.4 is 0 Å². The Hall–Kier alpha value is -1.64. The van der Waals surface area contributed by atoms with Gasteiger partial charge in [-0.1, -0.05) is 30.3 Å². The zero-order chi connectivity index (χ0) is 11.0. The van der Waals surface area contributed by atoms with Gasteiger partial charge in [-0.15, -0.1) is 0 Å². The molecule has 1 aliphatic heterocycles. The summed E-state index contributed by atoms with van der Waals surface area (Å²) in [6.07, 6.45) is 0. The van der Waals surface area contributed by atoms with E-state index in [1.807, 2.05) is 30.3 Å². The number of rotatable bonds is 2. The van der Waals surface area contributed by atoms with Crippen LogP contribution in [0.15, 0.2) is 30.3 Å². The molecule has 1 fully saturated rings. The Morgan fingerprint density at radius 2 is 1.87 bits per heavy atom. The van der Waals surface area contributed by atoms with E-state index in [0.29, 0.717) is 0 Å². The van der Waals surface area contributed by atoms with Crippen LogP contribution in [0.25, 0.3) is 0 Å². The van der Waals surface area contributed by atoms with E-state index < -0.39 is 5.92 Å². The van der Waals surface area contributed by atoms with Crippen LogP contribution in [0.1, 0.15) is 18.5 Å². The van der Waals surface area contributed by atoms with Crippen molar-refractivity contribution in [3.05, 3.63) is 35.9 Å². The van der Waals surface area contributed by atoms with Crippen molar-refractivity contribution in [2.45, 2.75) is 13.0 Å². The lowest BCUT2D eigenvalue weighted by Crippen LogP contribution is -2.55. The maximum atomic E-state index is 11.5. The Morgan fingerprint density at radius 1 is 1.27 bits per heavy atom. The second kappa shape index (κ2) is 3.50. The highest BCUT2D eigenvalue weighted by Gasteiger charge is 2.48. The summed E-state index contributed by atoms with van der Waals surface area (Å²) < 4.78 is 0. The molecule has 1 aromatic rings. The third kappa shape index (κ3) is 1.44. The summed E-state index contributed by atoms with van der Waals surface area (Å²) in [6, 6.07) is 9.59. The first-order chi connectivity index (χ1) is 7.13. The zero-order valence-electron chi connectivity index (χ0n) is 8.81. The Bertz CT molecular complexity index is 399. The number of amides is 1. The van der Waals surface area contributed by atoms with Gasteiger partial charge in [-0.05, 0) is 12.5 Å². The van der Waals surface area contributed by atoms with E-state index in [2.05, 4.69) is 0 Å². The van der Waals surface area contributed by atoms with Crippen molar-refractivity contribution in [2.75, 3.05) is 7.05 Å². The number of ketones is 1. The smallest absolute Gasteiger partial charge is 0.235 e. The molecule has 0 unspecified atom stereocenters. The molecule has 0 aromatic heterocycles. The van der Waals surface area contributed by atoms with Crippen molar-refractivity contribution in [3.8, 4) is 0 Å². The van der Waals surface area contributed by atoms with Crippen LogP contribution in [-0.2, 0) is 9.59 Å². The minimum Gasteiger partial charge on any atom is -0.337 e. The molecular weight excluding hydrogens is 190 g/mol. The minimum atomic E-state index is -0.475. The van der Waals surface area contributed by atoms with Gasteiger partial charge in [0.25, 0.3) is 0 Å². The highest BCUT2D eigenvalue weighted by Crippen LogP contribution is 2.38. The molecule has 0 radical (unpaired) electrons. The molecule has 1 heterocycles. The molecule has 0 saturated carbocycles. The van der Waals surface area contributed by atoms with Crippen LogP contribution >= 0.6 is 0 Å². The van der Waals surface area contributed by atoms with E-state index in [-0.39, 0.29) is 17.7 Å². The van der Waals surface area contributed by atoms with Gasteiger partial charge in [0, 0.05) is 7.05 Å². The molecule has 1 amide bonds. The predicted molar refractivity (Wildman–Crippen MR) is 56.1 cm³/mol. The molecule has 0 bridgehead atoms. The quantitative estimate of drug-likeness (QED) is 0.538. The maximum Gasteiger partial charge on any atom is 0.235 e. The fraction of sp³-hybridized carbons (Fsp3) is 0.333. The van der Waals surface area contributed by atoms with Crippen molar-refractivity contribution in [3.63, 3.8) is 0 Å².